The number of carboxylic acid groups (broad SMARTS) is 2. The average Bonchev–Trinajstić information content (AvgIpc) is 2.66. The third kappa shape index (κ3) is 11.0. The average molecular weight is 457 g/mol. The van der Waals surface area contributed by atoms with Gasteiger partial charge in [-0.15, -0.1) is 0 Å². The summed E-state index contributed by atoms with van der Waals surface area (Å²) in [6.07, 6.45) is 5.61. The number of carbonyl (C=O) groups is 2. The molecule has 1 aliphatic rings. The molecule has 31 heavy (non-hydrogen) atoms. The van der Waals surface area contributed by atoms with Crippen LogP contribution in [-0.2, 0) is 20.7 Å². The van der Waals surface area contributed by atoms with E-state index in [4.69, 9.17) is 36.1 Å². The molecule has 1 aliphatic heterocycles. The van der Waals surface area contributed by atoms with E-state index >= 15 is 0 Å². The molecule has 1 unspecified atom stereocenters. The van der Waals surface area contributed by atoms with Crippen molar-refractivity contribution in [3.8, 4) is 0 Å². The molecule has 0 spiro atoms. The van der Waals surface area contributed by atoms with E-state index in [9.17, 15) is 0 Å². The monoisotopic (exact) mass is 456 g/mol. The number of hydrogen-bond acceptors (Lipinski definition) is 5. The summed E-state index contributed by atoms with van der Waals surface area (Å²) in [6.45, 7) is 8.57. The first-order valence-electron chi connectivity index (χ1n) is 10.7. The molecule has 0 radical (unpaired) electrons. The van der Waals surface area contributed by atoms with Crippen molar-refractivity contribution in [1.29, 1.82) is 0 Å². The number of nitrogens with one attached hydrogen (secondary N) is 1. The number of halogens is 1. The highest BCUT2D eigenvalue weighted by Crippen LogP contribution is 2.44. The van der Waals surface area contributed by atoms with E-state index in [2.05, 4.69) is 50.3 Å². The lowest BCUT2D eigenvalue weighted by atomic mass is 9.68. The van der Waals surface area contributed by atoms with Gasteiger partial charge >= 0.3 is 11.9 Å². The zero-order valence-corrected chi connectivity index (χ0v) is 19.9. The quantitative estimate of drug-likeness (QED) is 0.386. The van der Waals surface area contributed by atoms with Crippen LogP contribution in [0.15, 0.2) is 24.3 Å². The van der Waals surface area contributed by atoms with Crippen molar-refractivity contribution < 1.29 is 24.5 Å². The maximum atomic E-state index is 9.10. The highest BCUT2D eigenvalue weighted by molar-refractivity contribution is 6.31. The number of nitrogens with zero attached hydrogens (tertiary/aromatic N) is 1. The van der Waals surface area contributed by atoms with Gasteiger partial charge in [0.25, 0.3) is 0 Å². The summed E-state index contributed by atoms with van der Waals surface area (Å²) in [7, 11) is 4.26. The van der Waals surface area contributed by atoms with E-state index in [1.165, 1.54) is 18.4 Å². The van der Waals surface area contributed by atoms with Crippen molar-refractivity contribution in [3.05, 3.63) is 34.9 Å². The molecule has 1 fully saturated rings. The number of ether oxygens (including phenoxy) is 1. The molecule has 1 aromatic rings. The van der Waals surface area contributed by atoms with Crippen LogP contribution in [0.4, 0.5) is 0 Å². The number of aliphatic carboxylic acids is 2. The smallest absolute Gasteiger partial charge is 0.414 e. The van der Waals surface area contributed by atoms with Gasteiger partial charge in [-0.05, 0) is 96.7 Å². The standard InChI is InChI=1S/C21H35ClN2O.C2H2O4/c1-20(2)17-21(11-15-25-20,10-13-23-12-7-14-24(3)4)16-18-8-5-6-9-19(18)22;3-1(4)2(5)6/h5-6,8-9,23H,7,10-17H2,1-4H3;(H,3,4)(H,5,6). The predicted octanol–water partition coefficient (Wildman–Crippen LogP) is 3.54. The van der Waals surface area contributed by atoms with Crippen LogP contribution in [0.3, 0.4) is 0 Å². The lowest BCUT2D eigenvalue weighted by molar-refractivity contribution is -0.159. The lowest BCUT2D eigenvalue weighted by Crippen LogP contribution is -2.44. The van der Waals surface area contributed by atoms with Crippen molar-refractivity contribution >= 4 is 23.5 Å². The molecule has 1 aromatic carbocycles. The third-order valence-electron chi connectivity index (χ3n) is 5.42. The Hall–Kier alpha value is -1.67. The van der Waals surface area contributed by atoms with Gasteiger partial charge in [0.05, 0.1) is 5.60 Å². The zero-order chi connectivity index (χ0) is 23.5. The Morgan fingerprint density at radius 2 is 1.81 bits per heavy atom. The van der Waals surface area contributed by atoms with Crippen molar-refractivity contribution in [2.45, 2.75) is 51.6 Å². The van der Waals surface area contributed by atoms with Crippen molar-refractivity contribution in [2.24, 2.45) is 5.41 Å². The predicted molar refractivity (Wildman–Crippen MR) is 123 cm³/mol. The molecule has 0 aromatic heterocycles. The molecule has 1 saturated heterocycles. The van der Waals surface area contributed by atoms with Crippen LogP contribution in [0.2, 0.25) is 5.02 Å². The highest BCUT2D eigenvalue weighted by atomic mass is 35.5. The van der Waals surface area contributed by atoms with Crippen molar-refractivity contribution in [2.75, 3.05) is 40.3 Å². The van der Waals surface area contributed by atoms with E-state index in [0.29, 0.717) is 0 Å². The topological polar surface area (TPSA) is 99.1 Å². The first-order valence-corrected chi connectivity index (χ1v) is 11.0. The minimum atomic E-state index is -1.82. The number of rotatable bonds is 9. The molecule has 176 valence electrons. The van der Waals surface area contributed by atoms with Gasteiger partial charge in [0.1, 0.15) is 0 Å². The van der Waals surface area contributed by atoms with Gasteiger partial charge in [-0.2, -0.15) is 0 Å². The number of carboxylic acids is 2. The van der Waals surface area contributed by atoms with Gasteiger partial charge in [-0.3, -0.25) is 0 Å². The maximum absolute atomic E-state index is 9.10. The van der Waals surface area contributed by atoms with Crippen LogP contribution in [0.25, 0.3) is 0 Å². The minimum absolute atomic E-state index is 0.0512. The molecule has 0 amide bonds. The molecule has 1 heterocycles. The fourth-order valence-electron chi connectivity index (χ4n) is 4.08. The largest absolute Gasteiger partial charge is 0.473 e. The molecular formula is C23H37ClN2O5. The highest BCUT2D eigenvalue weighted by Gasteiger charge is 2.40. The molecule has 1 atom stereocenters. The van der Waals surface area contributed by atoms with E-state index in [1.54, 1.807) is 0 Å². The Morgan fingerprint density at radius 3 is 2.35 bits per heavy atom. The van der Waals surface area contributed by atoms with Crippen LogP contribution >= 0.6 is 11.6 Å². The number of benzene rings is 1. The Bertz CT molecular complexity index is 699. The summed E-state index contributed by atoms with van der Waals surface area (Å²) < 4.78 is 6.00. The fourth-order valence-corrected chi connectivity index (χ4v) is 4.29. The summed E-state index contributed by atoms with van der Waals surface area (Å²) in [5, 5.41) is 19.3. The van der Waals surface area contributed by atoms with E-state index < -0.39 is 11.9 Å². The van der Waals surface area contributed by atoms with E-state index in [1.807, 2.05) is 12.1 Å². The van der Waals surface area contributed by atoms with Crippen LogP contribution in [0.1, 0.15) is 45.1 Å². The Kier molecular flexibility index (Phi) is 11.5. The summed E-state index contributed by atoms with van der Waals surface area (Å²) in [5.41, 5.74) is 1.49. The summed E-state index contributed by atoms with van der Waals surface area (Å²) in [5.74, 6) is -3.65. The lowest BCUT2D eigenvalue weighted by Gasteiger charge is -2.45. The zero-order valence-electron chi connectivity index (χ0n) is 19.1. The van der Waals surface area contributed by atoms with Crippen molar-refractivity contribution in [1.82, 2.24) is 10.2 Å². The van der Waals surface area contributed by atoms with Gasteiger partial charge in [0.15, 0.2) is 0 Å². The molecule has 7 nitrogen and oxygen atoms in total. The van der Waals surface area contributed by atoms with Crippen LogP contribution in [-0.4, -0.2) is 73.0 Å². The van der Waals surface area contributed by atoms with Crippen LogP contribution in [0.5, 0.6) is 0 Å². The fraction of sp³-hybridized carbons (Fsp3) is 0.652. The molecule has 0 aliphatic carbocycles. The van der Waals surface area contributed by atoms with Crippen molar-refractivity contribution in [3.63, 3.8) is 0 Å². The Balaban J connectivity index is 0.000000703. The normalized spacial score (nSPS) is 20.1. The first-order chi connectivity index (χ1) is 14.5. The summed E-state index contributed by atoms with van der Waals surface area (Å²) >= 11 is 6.46. The first kappa shape index (κ1) is 27.4. The molecule has 2 rings (SSSR count). The summed E-state index contributed by atoms with van der Waals surface area (Å²) in [6, 6.07) is 8.29. The van der Waals surface area contributed by atoms with E-state index in [-0.39, 0.29) is 11.0 Å². The van der Waals surface area contributed by atoms with Crippen LogP contribution in [0, 0.1) is 5.41 Å². The van der Waals surface area contributed by atoms with Gasteiger partial charge in [-0.1, -0.05) is 29.8 Å². The minimum Gasteiger partial charge on any atom is -0.473 e. The van der Waals surface area contributed by atoms with Gasteiger partial charge < -0.3 is 25.2 Å². The molecule has 8 heteroatoms. The molecule has 0 bridgehead atoms. The van der Waals surface area contributed by atoms with Gasteiger partial charge in [0, 0.05) is 11.6 Å². The number of hydrogen-bond donors (Lipinski definition) is 3. The maximum Gasteiger partial charge on any atom is 0.414 e. The molecule has 3 N–H and O–H groups in total. The van der Waals surface area contributed by atoms with Gasteiger partial charge in [0.2, 0.25) is 0 Å². The molecular weight excluding hydrogens is 420 g/mol. The van der Waals surface area contributed by atoms with E-state index in [0.717, 1.165) is 50.5 Å². The summed E-state index contributed by atoms with van der Waals surface area (Å²) in [4.78, 5) is 20.4. The third-order valence-corrected chi connectivity index (χ3v) is 5.79. The second kappa shape index (κ2) is 13.0. The Morgan fingerprint density at radius 1 is 1.16 bits per heavy atom. The van der Waals surface area contributed by atoms with Crippen LogP contribution < -0.4 is 5.32 Å². The second-order valence-corrected chi connectivity index (χ2v) is 9.48. The SMILES string of the molecule is CN(C)CCCNCCC1(Cc2ccccc2Cl)CCOC(C)(C)C1.O=C(O)C(=O)O. The second-order valence-electron chi connectivity index (χ2n) is 9.07. The Labute approximate surface area is 190 Å². The van der Waals surface area contributed by atoms with Gasteiger partial charge in [-0.25, -0.2) is 9.59 Å². The molecule has 0 saturated carbocycles.